The van der Waals surface area contributed by atoms with Gasteiger partial charge in [-0.25, -0.2) is 0 Å². The van der Waals surface area contributed by atoms with Crippen LogP contribution in [0.4, 0.5) is 0 Å². The van der Waals surface area contributed by atoms with E-state index in [0.29, 0.717) is 23.5 Å². The molecule has 2 aliphatic carbocycles. The second-order valence-corrected chi connectivity index (χ2v) is 6.29. The number of aliphatic hydroxyl groups is 1. The summed E-state index contributed by atoms with van der Waals surface area (Å²) >= 11 is 0. The van der Waals surface area contributed by atoms with Crippen molar-refractivity contribution < 1.29 is 5.11 Å². The number of nitrogens with one attached hydrogen (secondary N) is 1. The largest absolute Gasteiger partial charge is 0.396 e. The van der Waals surface area contributed by atoms with Crippen LogP contribution in [0.25, 0.3) is 0 Å². The zero-order valence-electron chi connectivity index (χ0n) is 10.2. The zero-order chi connectivity index (χ0) is 10.9. The summed E-state index contributed by atoms with van der Waals surface area (Å²) in [6.45, 7) is 6.24. The first kappa shape index (κ1) is 11.4. The summed E-state index contributed by atoms with van der Waals surface area (Å²) in [5, 5.41) is 12.8. The van der Waals surface area contributed by atoms with Crippen molar-refractivity contribution in [2.75, 3.05) is 13.2 Å². The first-order chi connectivity index (χ1) is 7.08. The molecule has 1 unspecified atom stereocenters. The van der Waals surface area contributed by atoms with E-state index in [4.69, 9.17) is 5.11 Å². The zero-order valence-corrected chi connectivity index (χ0v) is 10.2. The van der Waals surface area contributed by atoms with Crippen molar-refractivity contribution in [2.24, 2.45) is 10.8 Å². The monoisotopic (exact) mass is 211 g/mol. The minimum Gasteiger partial charge on any atom is -0.396 e. The van der Waals surface area contributed by atoms with Gasteiger partial charge in [-0.3, -0.25) is 0 Å². The topological polar surface area (TPSA) is 32.3 Å². The number of aliphatic hydroxyl groups excluding tert-OH is 1. The summed E-state index contributed by atoms with van der Waals surface area (Å²) in [5.74, 6) is 0. The van der Waals surface area contributed by atoms with E-state index < -0.39 is 0 Å². The maximum Gasteiger partial charge on any atom is 0.0436 e. The second-order valence-electron chi connectivity index (χ2n) is 6.29. The van der Waals surface area contributed by atoms with E-state index in [1.165, 1.54) is 32.1 Å². The summed E-state index contributed by atoms with van der Waals surface area (Å²) in [6, 6.07) is 0.702. The molecular formula is C13H25NO. The molecule has 1 atom stereocenters. The fraction of sp³-hybridized carbons (Fsp3) is 1.00. The molecule has 15 heavy (non-hydrogen) atoms. The molecule has 0 aromatic heterocycles. The van der Waals surface area contributed by atoms with Crippen molar-refractivity contribution in [1.29, 1.82) is 0 Å². The highest BCUT2D eigenvalue weighted by atomic mass is 16.3. The SMILES string of the molecule is CC1(C)CCCC1NCC1(CCO)CC1. The van der Waals surface area contributed by atoms with E-state index in [0.717, 1.165) is 13.0 Å². The van der Waals surface area contributed by atoms with Gasteiger partial charge in [-0.05, 0) is 42.9 Å². The summed E-state index contributed by atoms with van der Waals surface area (Å²) < 4.78 is 0. The molecule has 0 spiro atoms. The van der Waals surface area contributed by atoms with Gasteiger partial charge < -0.3 is 10.4 Å². The summed E-state index contributed by atoms with van der Waals surface area (Å²) in [4.78, 5) is 0. The van der Waals surface area contributed by atoms with E-state index in [9.17, 15) is 0 Å². The molecule has 0 radical (unpaired) electrons. The molecule has 0 aromatic carbocycles. The Morgan fingerprint density at radius 2 is 2.00 bits per heavy atom. The van der Waals surface area contributed by atoms with Gasteiger partial charge >= 0.3 is 0 Å². The summed E-state index contributed by atoms with van der Waals surface area (Å²) in [6.07, 6.45) is 7.69. The van der Waals surface area contributed by atoms with Gasteiger partial charge in [0.05, 0.1) is 0 Å². The van der Waals surface area contributed by atoms with Crippen molar-refractivity contribution in [3.05, 3.63) is 0 Å². The molecule has 2 nitrogen and oxygen atoms in total. The van der Waals surface area contributed by atoms with Gasteiger partial charge in [-0.1, -0.05) is 20.3 Å². The van der Waals surface area contributed by atoms with Crippen LogP contribution in [0.15, 0.2) is 0 Å². The average Bonchev–Trinajstić information content (AvgIpc) is 2.84. The molecule has 0 saturated heterocycles. The fourth-order valence-corrected chi connectivity index (χ4v) is 2.97. The molecule has 2 rings (SSSR count). The third-order valence-corrected chi connectivity index (χ3v) is 4.58. The van der Waals surface area contributed by atoms with Crippen LogP contribution < -0.4 is 5.32 Å². The van der Waals surface area contributed by atoms with Crippen LogP contribution in [0.1, 0.15) is 52.4 Å². The van der Waals surface area contributed by atoms with Crippen LogP contribution in [0, 0.1) is 10.8 Å². The summed E-state index contributed by atoms with van der Waals surface area (Å²) in [7, 11) is 0. The van der Waals surface area contributed by atoms with Crippen LogP contribution in [-0.2, 0) is 0 Å². The molecule has 0 amide bonds. The Morgan fingerprint density at radius 3 is 2.47 bits per heavy atom. The van der Waals surface area contributed by atoms with Crippen molar-refractivity contribution in [3.8, 4) is 0 Å². The highest BCUT2D eigenvalue weighted by molar-refractivity contribution is 4.98. The van der Waals surface area contributed by atoms with E-state index in [1.807, 2.05) is 0 Å². The van der Waals surface area contributed by atoms with Crippen LogP contribution >= 0.6 is 0 Å². The lowest BCUT2D eigenvalue weighted by molar-refractivity contribution is 0.225. The predicted octanol–water partition coefficient (Wildman–Crippen LogP) is 2.32. The van der Waals surface area contributed by atoms with Crippen molar-refractivity contribution in [1.82, 2.24) is 5.32 Å². The van der Waals surface area contributed by atoms with Crippen LogP contribution in [0.3, 0.4) is 0 Å². The highest BCUT2D eigenvalue weighted by Gasteiger charge is 2.43. The predicted molar refractivity (Wildman–Crippen MR) is 62.8 cm³/mol. The number of hydrogen-bond acceptors (Lipinski definition) is 2. The average molecular weight is 211 g/mol. The van der Waals surface area contributed by atoms with Crippen molar-refractivity contribution in [3.63, 3.8) is 0 Å². The minimum atomic E-state index is 0.357. The molecule has 2 N–H and O–H groups in total. The van der Waals surface area contributed by atoms with Gasteiger partial charge in [0.25, 0.3) is 0 Å². The van der Waals surface area contributed by atoms with E-state index in [-0.39, 0.29) is 0 Å². The van der Waals surface area contributed by atoms with Gasteiger partial charge in [-0.2, -0.15) is 0 Å². The minimum absolute atomic E-state index is 0.357. The molecule has 0 aromatic rings. The third kappa shape index (κ3) is 2.54. The van der Waals surface area contributed by atoms with Crippen LogP contribution in [-0.4, -0.2) is 24.3 Å². The molecule has 2 saturated carbocycles. The Balaban J connectivity index is 1.78. The maximum absolute atomic E-state index is 9.01. The number of rotatable bonds is 5. The van der Waals surface area contributed by atoms with Crippen LogP contribution in [0.2, 0.25) is 0 Å². The van der Waals surface area contributed by atoms with Gasteiger partial charge in [0.15, 0.2) is 0 Å². The lowest BCUT2D eigenvalue weighted by atomic mass is 9.87. The van der Waals surface area contributed by atoms with E-state index in [1.54, 1.807) is 0 Å². The normalized spacial score (nSPS) is 31.8. The second kappa shape index (κ2) is 4.06. The number of hydrogen-bond donors (Lipinski definition) is 2. The Morgan fingerprint density at radius 1 is 1.27 bits per heavy atom. The standard InChI is InChI=1S/C13H25NO/c1-12(2)5-3-4-11(12)14-10-13(6-7-13)8-9-15/h11,14-15H,3-10H2,1-2H3. The van der Waals surface area contributed by atoms with E-state index >= 15 is 0 Å². The Bertz CT molecular complexity index is 221. The highest BCUT2D eigenvalue weighted by Crippen LogP contribution is 2.48. The molecule has 2 heteroatoms. The Labute approximate surface area is 93.5 Å². The lowest BCUT2D eigenvalue weighted by Crippen LogP contribution is -2.40. The molecule has 0 aliphatic heterocycles. The fourth-order valence-electron chi connectivity index (χ4n) is 2.97. The molecule has 2 fully saturated rings. The van der Waals surface area contributed by atoms with Crippen molar-refractivity contribution in [2.45, 2.75) is 58.4 Å². The lowest BCUT2D eigenvalue weighted by Gasteiger charge is -2.29. The first-order valence-corrected chi connectivity index (χ1v) is 6.42. The smallest absolute Gasteiger partial charge is 0.0436 e. The summed E-state index contributed by atoms with van der Waals surface area (Å²) in [5.41, 5.74) is 0.947. The quantitative estimate of drug-likeness (QED) is 0.731. The molecule has 0 heterocycles. The molecule has 88 valence electrons. The van der Waals surface area contributed by atoms with Crippen LogP contribution in [0.5, 0.6) is 0 Å². The van der Waals surface area contributed by atoms with Gasteiger partial charge in [0.2, 0.25) is 0 Å². The molecule has 2 aliphatic rings. The molecule has 0 bridgehead atoms. The van der Waals surface area contributed by atoms with Crippen molar-refractivity contribution >= 4 is 0 Å². The van der Waals surface area contributed by atoms with Gasteiger partial charge in [0, 0.05) is 19.2 Å². The third-order valence-electron chi connectivity index (χ3n) is 4.58. The Kier molecular flexibility index (Phi) is 3.09. The van der Waals surface area contributed by atoms with E-state index in [2.05, 4.69) is 19.2 Å². The molecular weight excluding hydrogens is 186 g/mol. The first-order valence-electron chi connectivity index (χ1n) is 6.42. The van der Waals surface area contributed by atoms with Gasteiger partial charge in [-0.15, -0.1) is 0 Å². The Hall–Kier alpha value is -0.0800. The van der Waals surface area contributed by atoms with Gasteiger partial charge in [0.1, 0.15) is 0 Å². The maximum atomic E-state index is 9.01.